The van der Waals surface area contributed by atoms with Crippen molar-refractivity contribution >= 4 is 23.1 Å². The number of hydrogen-bond acceptors (Lipinski definition) is 7. The maximum absolute atomic E-state index is 13.4. The summed E-state index contributed by atoms with van der Waals surface area (Å²) in [7, 11) is 0. The Hall–Kier alpha value is -5.31. The predicted octanol–water partition coefficient (Wildman–Crippen LogP) is 5.50. The first-order chi connectivity index (χ1) is 19.3. The summed E-state index contributed by atoms with van der Waals surface area (Å²) in [5.41, 5.74) is 2.94. The second-order valence-corrected chi connectivity index (χ2v) is 9.39. The lowest BCUT2D eigenvalue weighted by Crippen LogP contribution is -2.29. The number of hydrogen-bond donors (Lipinski definition) is 1. The maximum Gasteiger partial charge on any atom is 0.295 e. The molecule has 0 saturated carbocycles. The number of ketones is 1. The van der Waals surface area contributed by atoms with Crippen molar-refractivity contribution in [2.24, 2.45) is 0 Å². The fourth-order valence-corrected chi connectivity index (χ4v) is 4.73. The minimum absolute atomic E-state index is 0.0576. The minimum atomic E-state index is -0.964. The van der Waals surface area contributed by atoms with Gasteiger partial charge in [-0.3, -0.25) is 24.7 Å². The van der Waals surface area contributed by atoms with E-state index in [4.69, 9.17) is 4.74 Å². The van der Waals surface area contributed by atoms with E-state index in [0.717, 1.165) is 5.56 Å². The number of carbonyl (C=O) groups excluding carboxylic acids is 2. The van der Waals surface area contributed by atoms with Gasteiger partial charge in [-0.15, -0.1) is 0 Å². The molecule has 1 aromatic heterocycles. The van der Waals surface area contributed by atoms with Gasteiger partial charge in [-0.25, -0.2) is 0 Å². The summed E-state index contributed by atoms with van der Waals surface area (Å²) >= 11 is 0. The number of benzene rings is 3. The van der Waals surface area contributed by atoms with Crippen LogP contribution in [0.3, 0.4) is 0 Å². The van der Waals surface area contributed by atoms with Crippen molar-refractivity contribution in [1.29, 1.82) is 0 Å². The van der Waals surface area contributed by atoms with Crippen LogP contribution >= 0.6 is 0 Å². The third kappa shape index (κ3) is 5.30. The molecule has 1 atom stereocenters. The number of nitro groups is 1. The smallest absolute Gasteiger partial charge is 0.295 e. The number of aliphatic hydroxyl groups excluding tert-OH is 1. The number of rotatable bonds is 8. The van der Waals surface area contributed by atoms with Gasteiger partial charge >= 0.3 is 0 Å². The number of aryl methyl sites for hydroxylation is 1. The molecule has 9 heteroatoms. The van der Waals surface area contributed by atoms with Crippen LogP contribution in [-0.2, 0) is 22.7 Å². The van der Waals surface area contributed by atoms with Gasteiger partial charge in [0.05, 0.1) is 16.5 Å². The van der Waals surface area contributed by atoms with Crippen LogP contribution in [-0.4, -0.2) is 31.6 Å². The fourth-order valence-electron chi connectivity index (χ4n) is 4.73. The van der Waals surface area contributed by atoms with Gasteiger partial charge in [0.25, 0.3) is 17.4 Å². The van der Waals surface area contributed by atoms with E-state index in [2.05, 4.69) is 4.98 Å². The average Bonchev–Trinajstić information content (AvgIpc) is 3.22. The van der Waals surface area contributed by atoms with Crippen LogP contribution in [0.25, 0.3) is 5.76 Å². The SMILES string of the molecule is Cc1cc(OCc2ccccc2)ccc1/C(O)=C1\C(=O)C(=O)N(Cc2cccnc2)[C@@H]1c1ccc([N+](=O)[O-])cc1. The van der Waals surface area contributed by atoms with E-state index in [-0.39, 0.29) is 23.6 Å². The first-order valence-electron chi connectivity index (χ1n) is 12.5. The second-order valence-electron chi connectivity index (χ2n) is 9.39. The lowest BCUT2D eigenvalue weighted by Gasteiger charge is -2.25. The highest BCUT2D eigenvalue weighted by molar-refractivity contribution is 6.46. The summed E-state index contributed by atoms with van der Waals surface area (Å²) in [6.07, 6.45) is 3.19. The lowest BCUT2D eigenvalue weighted by atomic mass is 9.93. The van der Waals surface area contributed by atoms with Crippen LogP contribution in [0, 0.1) is 17.0 Å². The molecular formula is C31H25N3O6. The predicted molar refractivity (Wildman–Crippen MR) is 147 cm³/mol. The molecule has 0 spiro atoms. The normalized spacial score (nSPS) is 16.2. The monoisotopic (exact) mass is 535 g/mol. The van der Waals surface area contributed by atoms with Crippen LogP contribution < -0.4 is 4.74 Å². The summed E-state index contributed by atoms with van der Waals surface area (Å²) in [5.74, 6) is -1.37. The Morgan fingerprint density at radius 2 is 1.73 bits per heavy atom. The quantitative estimate of drug-likeness (QED) is 0.104. The van der Waals surface area contributed by atoms with Crippen molar-refractivity contribution in [3.05, 3.63) is 141 Å². The molecule has 5 rings (SSSR count). The van der Waals surface area contributed by atoms with Crippen LogP contribution in [0.1, 0.15) is 33.9 Å². The third-order valence-corrected chi connectivity index (χ3v) is 6.74. The highest BCUT2D eigenvalue weighted by Gasteiger charge is 2.46. The van der Waals surface area contributed by atoms with Gasteiger partial charge in [0, 0.05) is 36.6 Å². The number of Topliss-reactive ketones (excluding diaryl/α,β-unsaturated/α-hetero) is 1. The molecular weight excluding hydrogens is 510 g/mol. The molecule has 0 unspecified atom stereocenters. The lowest BCUT2D eigenvalue weighted by molar-refractivity contribution is -0.384. The average molecular weight is 536 g/mol. The first-order valence-corrected chi connectivity index (χ1v) is 12.5. The largest absolute Gasteiger partial charge is 0.507 e. The van der Waals surface area contributed by atoms with E-state index < -0.39 is 22.7 Å². The number of nitro benzene ring substituents is 1. The molecule has 2 heterocycles. The zero-order chi connectivity index (χ0) is 28.2. The Morgan fingerprint density at radius 3 is 2.38 bits per heavy atom. The summed E-state index contributed by atoms with van der Waals surface area (Å²) < 4.78 is 5.89. The Kier molecular flexibility index (Phi) is 7.37. The van der Waals surface area contributed by atoms with Crippen molar-refractivity contribution in [3.8, 4) is 5.75 Å². The zero-order valence-corrected chi connectivity index (χ0v) is 21.6. The zero-order valence-electron chi connectivity index (χ0n) is 21.6. The number of ether oxygens (including phenoxy) is 1. The molecule has 0 radical (unpaired) electrons. The number of carbonyl (C=O) groups is 2. The van der Waals surface area contributed by atoms with E-state index in [1.165, 1.54) is 29.2 Å². The van der Waals surface area contributed by atoms with Gasteiger partial charge < -0.3 is 14.7 Å². The molecule has 40 heavy (non-hydrogen) atoms. The molecule has 4 aromatic rings. The third-order valence-electron chi connectivity index (χ3n) is 6.74. The summed E-state index contributed by atoms with van der Waals surface area (Å²) in [5, 5.41) is 22.7. The molecule has 1 fully saturated rings. The molecule has 0 bridgehead atoms. The van der Waals surface area contributed by atoms with Gasteiger partial charge in [-0.05, 0) is 65.6 Å². The van der Waals surface area contributed by atoms with Crippen LogP contribution in [0.15, 0.2) is 103 Å². The van der Waals surface area contributed by atoms with Crippen molar-refractivity contribution in [2.45, 2.75) is 26.1 Å². The molecule has 1 N–H and O–H groups in total. The molecule has 1 amide bonds. The van der Waals surface area contributed by atoms with Crippen LogP contribution in [0.5, 0.6) is 5.75 Å². The van der Waals surface area contributed by atoms with Gasteiger partial charge in [-0.2, -0.15) is 0 Å². The number of likely N-dealkylation sites (tertiary alicyclic amines) is 1. The number of aliphatic hydroxyl groups is 1. The summed E-state index contributed by atoms with van der Waals surface area (Å²) in [4.78, 5) is 42.7. The first kappa shape index (κ1) is 26.3. The standard InChI is InChI=1S/C31H25N3O6/c1-20-16-25(40-19-21-6-3-2-4-7-21)13-14-26(20)29(35)27-28(23-9-11-24(12-10-23)34(38)39)33(31(37)30(27)36)18-22-8-5-15-32-17-22/h2-17,28,35H,18-19H2,1H3/b29-27+/t28-/m1/s1. The summed E-state index contributed by atoms with van der Waals surface area (Å²) in [6, 6.07) is 22.9. The van der Waals surface area contributed by atoms with Crippen molar-refractivity contribution in [3.63, 3.8) is 0 Å². The summed E-state index contributed by atoms with van der Waals surface area (Å²) in [6.45, 7) is 2.20. The Balaban J connectivity index is 1.53. The second kappa shape index (κ2) is 11.2. The van der Waals surface area contributed by atoms with Gasteiger partial charge in [-0.1, -0.05) is 36.4 Å². The minimum Gasteiger partial charge on any atom is -0.507 e. The Morgan fingerprint density at radius 1 is 1.00 bits per heavy atom. The molecule has 1 aliphatic heterocycles. The molecule has 0 aliphatic carbocycles. The van der Waals surface area contributed by atoms with Crippen molar-refractivity contribution < 1.29 is 24.4 Å². The van der Waals surface area contributed by atoms with Gasteiger partial charge in [0.15, 0.2) is 0 Å². The van der Waals surface area contributed by atoms with E-state index in [1.54, 1.807) is 49.6 Å². The van der Waals surface area contributed by atoms with Gasteiger partial charge in [0.1, 0.15) is 18.1 Å². The Labute approximate surface area is 230 Å². The van der Waals surface area contributed by atoms with Crippen LogP contribution in [0.4, 0.5) is 5.69 Å². The van der Waals surface area contributed by atoms with E-state index in [9.17, 15) is 24.8 Å². The number of pyridine rings is 1. The number of non-ortho nitro benzene ring substituents is 1. The number of aromatic nitrogens is 1. The molecule has 9 nitrogen and oxygen atoms in total. The van der Waals surface area contributed by atoms with Crippen molar-refractivity contribution in [2.75, 3.05) is 0 Å². The number of amides is 1. The van der Waals surface area contributed by atoms with E-state index in [1.807, 2.05) is 30.3 Å². The van der Waals surface area contributed by atoms with E-state index >= 15 is 0 Å². The van der Waals surface area contributed by atoms with Crippen molar-refractivity contribution in [1.82, 2.24) is 9.88 Å². The molecule has 1 aliphatic rings. The highest BCUT2D eigenvalue weighted by Crippen LogP contribution is 2.41. The highest BCUT2D eigenvalue weighted by atomic mass is 16.6. The van der Waals surface area contributed by atoms with Gasteiger partial charge in [0.2, 0.25) is 0 Å². The molecule has 1 saturated heterocycles. The van der Waals surface area contributed by atoms with Crippen LogP contribution in [0.2, 0.25) is 0 Å². The van der Waals surface area contributed by atoms with E-state index in [0.29, 0.717) is 34.6 Å². The maximum atomic E-state index is 13.4. The fraction of sp³-hybridized carbons (Fsp3) is 0.129. The Bertz CT molecular complexity index is 1600. The molecule has 200 valence electrons. The molecule has 3 aromatic carbocycles. The topological polar surface area (TPSA) is 123 Å². The number of nitrogens with zero attached hydrogens (tertiary/aromatic N) is 3.